The van der Waals surface area contributed by atoms with Gasteiger partial charge < -0.3 is 10.5 Å². The number of aliphatic hydroxyl groups excluding tert-OH is 1. The average molecular weight is 259 g/mol. The molecule has 3 N–H and O–H groups in total. The van der Waals surface area contributed by atoms with Gasteiger partial charge in [0.2, 0.25) is 0 Å². The van der Waals surface area contributed by atoms with Crippen molar-refractivity contribution >= 4 is 24.0 Å². The van der Waals surface area contributed by atoms with E-state index in [-0.39, 0.29) is 5.75 Å². The minimum Gasteiger partial charge on any atom is -0.395 e. The van der Waals surface area contributed by atoms with Crippen LogP contribution < -0.4 is 10.6 Å². The molecule has 0 radical (unpaired) electrons. The van der Waals surface area contributed by atoms with E-state index in [0.29, 0.717) is 4.90 Å². The Balaban J connectivity index is 3.01. The molecule has 4 nitrogen and oxygen atoms in total. The molecule has 1 rings (SSSR count). The molecule has 0 amide bonds. The first-order valence-electron chi connectivity index (χ1n) is 5.15. The predicted octanol–water partition coefficient (Wildman–Crippen LogP) is -0.710. The van der Waals surface area contributed by atoms with Crippen molar-refractivity contribution in [1.29, 1.82) is 0 Å². The highest BCUT2D eigenvalue weighted by Crippen LogP contribution is 2.08. The molecule has 0 spiro atoms. The minimum atomic E-state index is -3.15. The van der Waals surface area contributed by atoms with E-state index in [1.165, 1.54) is 0 Å². The first-order chi connectivity index (χ1) is 7.38. The number of hydrogen-bond acceptors (Lipinski definition) is 4. The zero-order valence-electron chi connectivity index (χ0n) is 9.42. The normalized spacial score (nSPS) is 15.8. The Morgan fingerprint density at radius 1 is 1.38 bits per heavy atom. The molecule has 0 aromatic heterocycles. The van der Waals surface area contributed by atoms with Gasteiger partial charge in [-0.15, -0.1) is 0 Å². The van der Waals surface area contributed by atoms with E-state index >= 15 is 0 Å². The molecule has 6 heteroatoms. The topological polar surface area (TPSA) is 80.4 Å². The van der Waals surface area contributed by atoms with Gasteiger partial charge in [-0.3, -0.25) is 0 Å². The fraction of sp³-hybridized carbons (Fsp3) is 0.400. The van der Waals surface area contributed by atoms with E-state index < -0.39 is 24.5 Å². The molecule has 0 aliphatic rings. The lowest BCUT2D eigenvalue weighted by Gasteiger charge is -2.13. The van der Waals surface area contributed by atoms with Crippen LogP contribution in [-0.2, 0) is 9.84 Å². The summed E-state index contributed by atoms with van der Waals surface area (Å²) in [5.41, 5.74) is -0.520. The van der Waals surface area contributed by atoms with Gasteiger partial charge in [-0.1, -0.05) is 19.1 Å². The first-order valence-corrected chi connectivity index (χ1v) is 8.71. The van der Waals surface area contributed by atoms with E-state index in [1.54, 1.807) is 38.1 Å². The number of aliphatic hydroxyl groups is 1. The summed E-state index contributed by atoms with van der Waals surface area (Å²) in [5, 5.41) is 16.1. The van der Waals surface area contributed by atoms with E-state index in [4.69, 9.17) is 5.40 Å². The van der Waals surface area contributed by atoms with E-state index in [1.807, 2.05) is 0 Å². The van der Waals surface area contributed by atoms with Crippen LogP contribution in [-0.4, -0.2) is 34.0 Å². The molecule has 0 saturated carbocycles. The van der Waals surface area contributed by atoms with Gasteiger partial charge in [0.15, 0.2) is 18.8 Å². The number of hydrogen-bond donors (Lipinski definition) is 2. The predicted molar refractivity (Wildman–Crippen MR) is 66.8 cm³/mol. The number of benzene rings is 1. The van der Waals surface area contributed by atoms with Crippen LogP contribution in [0.15, 0.2) is 29.2 Å². The summed E-state index contributed by atoms with van der Waals surface area (Å²) in [6, 6.07) is 6.52. The standard InChI is InChI=1S/C10H17NO3SSi/c1-3-15(13,14)9-4-6-10(7-5-9)16(11)8(2)12/h4-8,12,16H,3,11H2,1-2H3/t8-,16+/m0/s1. The molecular weight excluding hydrogens is 242 g/mol. The van der Waals surface area contributed by atoms with Crippen molar-refractivity contribution in [1.82, 2.24) is 0 Å². The van der Waals surface area contributed by atoms with Crippen molar-refractivity contribution < 1.29 is 13.5 Å². The van der Waals surface area contributed by atoms with Gasteiger partial charge in [0, 0.05) is 0 Å². The maximum Gasteiger partial charge on any atom is 0.178 e. The fourth-order valence-corrected chi connectivity index (χ4v) is 3.42. The molecule has 0 saturated heterocycles. The van der Waals surface area contributed by atoms with Crippen LogP contribution in [0.3, 0.4) is 0 Å². The molecule has 0 heterocycles. The minimum absolute atomic E-state index is 0.0895. The Bertz CT molecular complexity index is 442. The van der Waals surface area contributed by atoms with Crippen LogP contribution >= 0.6 is 0 Å². The van der Waals surface area contributed by atoms with Crippen LogP contribution in [0.5, 0.6) is 0 Å². The number of rotatable bonds is 4. The smallest absolute Gasteiger partial charge is 0.178 e. The van der Waals surface area contributed by atoms with E-state index in [9.17, 15) is 13.5 Å². The van der Waals surface area contributed by atoms with Crippen LogP contribution in [0.25, 0.3) is 0 Å². The fourth-order valence-electron chi connectivity index (χ4n) is 1.34. The third-order valence-electron chi connectivity index (χ3n) is 2.52. The monoisotopic (exact) mass is 259 g/mol. The SMILES string of the molecule is CCS(=O)(=O)c1ccc([Si@H](N)[C@@H](C)O)cc1. The lowest BCUT2D eigenvalue weighted by atomic mass is 10.4. The van der Waals surface area contributed by atoms with Crippen LogP contribution in [0.1, 0.15) is 13.8 Å². The molecule has 1 aromatic rings. The third kappa shape index (κ3) is 2.91. The van der Waals surface area contributed by atoms with Crippen molar-refractivity contribution in [3.63, 3.8) is 0 Å². The van der Waals surface area contributed by atoms with Crippen molar-refractivity contribution in [2.24, 2.45) is 5.40 Å². The molecule has 0 bridgehead atoms. The maximum absolute atomic E-state index is 11.5. The summed E-state index contributed by atoms with van der Waals surface area (Å²) >= 11 is 0. The van der Waals surface area contributed by atoms with Gasteiger partial charge in [-0.25, -0.2) is 8.42 Å². The molecule has 2 atom stereocenters. The Kier molecular flexibility index (Phi) is 4.26. The number of nitrogens with two attached hydrogens (primary N) is 1. The Morgan fingerprint density at radius 2 is 1.88 bits per heavy atom. The molecule has 90 valence electrons. The second-order valence-corrected chi connectivity index (χ2v) is 8.70. The summed E-state index contributed by atoms with van der Waals surface area (Å²) < 4.78 is 23.1. The lowest BCUT2D eigenvalue weighted by Crippen LogP contribution is -2.49. The van der Waals surface area contributed by atoms with Gasteiger partial charge in [0.1, 0.15) is 0 Å². The summed E-state index contributed by atoms with van der Waals surface area (Å²) in [7, 11) is -5.01. The highest BCUT2D eigenvalue weighted by Gasteiger charge is 2.16. The Hall–Kier alpha value is -0.693. The third-order valence-corrected chi connectivity index (χ3v) is 6.47. The highest BCUT2D eigenvalue weighted by atomic mass is 32.2. The van der Waals surface area contributed by atoms with Gasteiger partial charge in [0.05, 0.1) is 16.4 Å². The molecular formula is C10H17NO3SSi. The molecule has 0 aliphatic carbocycles. The largest absolute Gasteiger partial charge is 0.395 e. The van der Waals surface area contributed by atoms with Crippen molar-refractivity contribution in [3.8, 4) is 0 Å². The van der Waals surface area contributed by atoms with Crippen LogP contribution in [0, 0.1) is 0 Å². The second kappa shape index (κ2) is 5.09. The maximum atomic E-state index is 11.5. The van der Waals surface area contributed by atoms with Crippen molar-refractivity contribution in [3.05, 3.63) is 24.3 Å². The summed E-state index contributed by atoms with van der Waals surface area (Å²) in [5.74, 6) is 0.0895. The zero-order valence-corrected chi connectivity index (χ0v) is 11.4. The molecule has 0 unspecified atom stereocenters. The van der Waals surface area contributed by atoms with E-state index in [2.05, 4.69) is 0 Å². The van der Waals surface area contributed by atoms with E-state index in [0.717, 1.165) is 5.19 Å². The lowest BCUT2D eigenvalue weighted by molar-refractivity contribution is 0.269. The zero-order chi connectivity index (χ0) is 12.3. The van der Waals surface area contributed by atoms with Crippen molar-refractivity contribution in [2.75, 3.05) is 5.75 Å². The van der Waals surface area contributed by atoms with Crippen LogP contribution in [0.4, 0.5) is 0 Å². The Morgan fingerprint density at radius 3 is 2.25 bits per heavy atom. The molecule has 0 aliphatic heterocycles. The quantitative estimate of drug-likeness (QED) is 0.700. The summed E-state index contributed by atoms with van der Waals surface area (Å²) in [4.78, 5) is 0.311. The number of sulfone groups is 1. The van der Waals surface area contributed by atoms with Gasteiger partial charge >= 0.3 is 0 Å². The average Bonchev–Trinajstić information content (AvgIpc) is 2.28. The van der Waals surface area contributed by atoms with Gasteiger partial charge in [0.25, 0.3) is 0 Å². The summed E-state index contributed by atoms with van der Waals surface area (Å²) in [6.45, 7) is 3.27. The molecule has 16 heavy (non-hydrogen) atoms. The molecule has 0 fully saturated rings. The highest BCUT2D eigenvalue weighted by molar-refractivity contribution is 7.91. The van der Waals surface area contributed by atoms with Gasteiger partial charge in [-0.05, 0) is 24.2 Å². The first kappa shape index (κ1) is 13.4. The summed E-state index contributed by atoms with van der Waals surface area (Å²) in [6.07, 6.45) is 0. The second-order valence-electron chi connectivity index (χ2n) is 3.74. The van der Waals surface area contributed by atoms with Crippen molar-refractivity contribution in [2.45, 2.75) is 24.5 Å². The van der Waals surface area contributed by atoms with Crippen LogP contribution in [0.2, 0.25) is 0 Å². The van der Waals surface area contributed by atoms with Gasteiger partial charge in [-0.2, -0.15) is 0 Å². The Labute approximate surface area is 97.7 Å². The molecule has 1 aromatic carbocycles.